The van der Waals surface area contributed by atoms with Gasteiger partial charge in [-0.2, -0.15) is 0 Å². The van der Waals surface area contributed by atoms with Crippen molar-refractivity contribution >= 4 is 23.5 Å². The van der Waals surface area contributed by atoms with E-state index in [-0.39, 0.29) is 43.9 Å². The highest BCUT2D eigenvalue weighted by Crippen LogP contribution is 2.50. The highest BCUT2D eigenvalue weighted by Gasteiger charge is 2.44. The number of nitrogens with one attached hydrogen (secondary N) is 2. The van der Waals surface area contributed by atoms with Gasteiger partial charge in [-0.1, -0.05) is 6.42 Å². The molecule has 9 heteroatoms. The third kappa shape index (κ3) is 5.66. The van der Waals surface area contributed by atoms with Crippen molar-refractivity contribution in [2.75, 3.05) is 26.3 Å². The summed E-state index contributed by atoms with van der Waals surface area (Å²) >= 11 is 0. The zero-order chi connectivity index (χ0) is 29.3. The molecule has 9 nitrogen and oxygen atoms in total. The monoisotopic (exact) mass is 553 g/mol. The van der Waals surface area contributed by atoms with Gasteiger partial charge in [0.25, 0.3) is 0 Å². The van der Waals surface area contributed by atoms with Gasteiger partial charge in [0, 0.05) is 17.4 Å². The third-order valence-corrected chi connectivity index (χ3v) is 9.07. The third-order valence-electron chi connectivity index (χ3n) is 9.07. The summed E-state index contributed by atoms with van der Waals surface area (Å²) in [4.78, 5) is 60.6. The van der Waals surface area contributed by atoms with Crippen molar-refractivity contribution in [3.63, 3.8) is 0 Å². The highest BCUT2D eigenvalue weighted by molar-refractivity contribution is 6.04. The average molecular weight is 554 g/mol. The van der Waals surface area contributed by atoms with Crippen LogP contribution in [0.25, 0.3) is 0 Å². The number of H-pyrrole nitrogens is 2. The van der Waals surface area contributed by atoms with Crippen molar-refractivity contribution in [1.29, 1.82) is 0 Å². The van der Waals surface area contributed by atoms with Crippen LogP contribution in [0.1, 0.15) is 111 Å². The number of carbonyl (C=O) groups is 4. The van der Waals surface area contributed by atoms with Gasteiger partial charge in [0.15, 0.2) is 11.6 Å². The molecule has 0 radical (unpaired) electrons. The van der Waals surface area contributed by atoms with E-state index in [4.69, 9.17) is 9.47 Å². The molecule has 2 saturated carbocycles. The number of Topliss-reactive ketones (excluding diaryl/α,β-unsaturated/α-hetero) is 2. The Morgan fingerprint density at radius 1 is 0.800 bits per heavy atom. The summed E-state index contributed by atoms with van der Waals surface area (Å²) in [6.07, 6.45) is 4.80. The molecule has 0 amide bonds. The summed E-state index contributed by atoms with van der Waals surface area (Å²) < 4.78 is 10.4. The summed E-state index contributed by atoms with van der Waals surface area (Å²) in [5, 5.41) is 0. The van der Waals surface area contributed by atoms with E-state index >= 15 is 0 Å². The molecule has 0 spiro atoms. The Morgan fingerprint density at radius 3 is 1.65 bits per heavy atom. The second kappa shape index (κ2) is 12.1. The fraction of sp³-hybridized carbons (Fsp3) is 0.613. The van der Waals surface area contributed by atoms with Gasteiger partial charge in [0.1, 0.15) is 0 Å². The Labute approximate surface area is 236 Å². The van der Waals surface area contributed by atoms with Crippen LogP contribution in [0.2, 0.25) is 0 Å². The fourth-order valence-corrected chi connectivity index (χ4v) is 7.10. The molecule has 218 valence electrons. The van der Waals surface area contributed by atoms with Gasteiger partial charge >= 0.3 is 11.9 Å². The molecule has 2 aromatic heterocycles. The summed E-state index contributed by atoms with van der Waals surface area (Å²) in [5.74, 6) is 0.503. The predicted molar refractivity (Wildman–Crippen MR) is 151 cm³/mol. The minimum atomic E-state index is -0.454. The molecule has 0 aromatic carbocycles. The molecule has 0 saturated heterocycles. The van der Waals surface area contributed by atoms with Crippen molar-refractivity contribution in [2.24, 2.45) is 17.8 Å². The quantitative estimate of drug-likeness (QED) is 0.276. The average Bonchev–Trinajstić information content (AvgIpc) is 3.66. The molecule has 2 aliphatic rings. The first-order valence-electron chi connectivity index (χ1n) is 14.5. The summed E-state index contributed by atoms with van der Waals surface area (Å²) in [6.45, 7) is 13.2. The van der Waals surface area contributed by atoms with E-state index in [0.717, 1.165) is 12.3 Å². The molecule has 2 heterocycles. The standard InChI is InChI=1S/C31H43N3O6/c1-8-39-30(37)26-16(3)28(32-18(26)5)24(35)14-34(20(7)23-13-21-10-11-22(23)12-21)15-25(36)29-17(4)27(19(6)33-29)31(38)40-9-2/h20-23,32-33H,8-15H2,1-7H3/t20-,21+,22+,23+/m1/s1. The Morgan fingerprint density at radius 2 is 1.27 bits per heavy atom. The zero-order valence-electron chi connectivity index (χ0n) is 24.9. The first-order chi connectivity index (χ1) is 19.0. The van der Waals surface area contributed by atoms with Crippen LogP contribution < -0.4 is 0 Å². The lowest BCUT2D eigenvalue weighted by atomic mass is 9.83. The normalized spacial score (nSPS) is 20.6. The van der Waals surface area contributed by atoms with Gasteiger partial charge in [-0.05, 0) is 96.6 Å². The number of ketones is 2. The van der Waals surface area contributed by atoms with E-state index < -0.39 is 11.9 Å². The van der Waals surface area contributed by atoms with Gasteiger partial charge in [0.05, 0.1) is 48.8 Å². The van der Waals surface area contributed by atoms with E-state index in [0.29, 0.717) is 56.9 Å². The lowest BCUT2D eigenvalue weighted by Crippen LogP contribution is -2.46. The first kappa shape index (κ1) is 29.8. The van der Waals surface area contributed by atoms with Crippen LogP contribution in [0.5, 0.6) is 0 Å². The Bertz CT molecular complexity index is 1220. The van der Waals surface area contributed by atoms with Gasteiger partial charge in [-0.3, -0.25) is 14.5 Å². The first-order valence-corrected chi connectivity index (χ1v) is 14.5. The maximum atomic E-state index is 13.7. The van der Waals surface area contributed by atoms with Gasteiger partial charge in [-0.25, -0.2) is 9.59 Å². The minimum Gasteiger partial charge on any atom is -0.462 e. The molecule has 2 N–H and O–H groups in total. The topological polar surface area (TPSA) is 122 Å². The van der Waals surface area contributed by atoms with Gasteiger partial charge in [-0.15, -0.1) is 0 Å². The Kier molecular flexibility index (Phi) is 9.02. The number of aromatic amines is 2. The number of ether oxygens (including phenoxy) is 2. The number of fused-ring (bicyclic) bond motifs is 2. The number of aromatic nitrogens is 2. The number of hydrogen-bond donors (Lipinski definition) is 2. The number of nitrogens with zero attached hydrogens (tertiary/aromatic N) is 1. The molecule has 2 aromatic rings. The summed E-state index contributed by atoms with van der Waals surface area (Å²) in [7, 11) is 0. The Balaban J connectivity index is 1.61. The smallest absolute Gasteiger partial charge is 0.340 e. The SMILES string of the molecule is CCOC(=O)c1c(C)[nH]c(C(=O)CN(CC(=O)c2[nH]c(C)c(C(=O)OCC)c2C)[C@H](C)[C@@H]2C[C@H]3CC[C@H]2C3)c1C. The van der Waals surface area contributed by atoms with E-state index in [2.05, 4.69) is 16.9 Å². The molecule has 0 unspecified atom stereocenters. The van der Waals surface area contributed by atoms with Gasteiger partial charge in [0.2, 0.25) is 0 Å². The van der Waals surface area contributed by atoms with E-state index in [1.54, 1.807) is 41.5 Å². The predicted octanol–water partition coefficient (Wildman–Crippen LogP) is 5.12. The second-order valence-corrected chi connectivity index (χ2v) is 11.5. The van der Waals surface area contributed by atoms with Crippen molar-refractivity contribution in [3.8, 4) is 0 Å². The lowest BCUT2D eigenvalue weighted by Gasteiger charge is -2.36. The van der Waals surface area contributed by atoms with Crippen molar-refractivity contribution in [1.82, 2.24) is 14.9 Å². The van der Waals surface area contributed by atoms with Crippen LogP contribution in [0.3, 0.4) is 0 Å². The number of aryl methyl sites for hydroxylation is 2. The summed E-state index contributed by atoms with van der Waals surface area (Å²) in [5.41, 5.74) is 3.82. The number of rotatable bonds is 12. The number of esters is 2. The van der Waals surface area contributed by atoms with Crippen LogP contribution in [0.4, 0.5) is 0 Å². The van der Waals surface area contributed by atoms with Crippen molar-refractivity contribution in [3.05, 3.63) is 45.0 Å². The molecule has 2 fully saturated rings. The largest absolute Gasteiger partial charge is 0.462 e. The molecule has 4 rings (SSSR count). The molecule has 4 atom stereocenters. The van der Waals surface area contributed by atoms with E-state index in [1.807, 2.05) is 4.90 Å². The van der Waals surface area contributed by atoms with Crippen LogP contribution in [-0.4, -0.2) is 70.7 Å². The minimum absolute atomic E-state index is 0.0185. The Hall–Kier alpha value is -3.20. The van der Waals surface area contributed by atoms with Gasteiger partial charge < -0.3 is 19.4 Å². The molecular formula is C31H43N3O6. The van der Waals surface area contributed by atoms with Crippen LogP contribution in [0.15, 0.2) is 0 Å². The van der Waals surface area contributed by atoms with Crippen LogP contribution >= 0.6 is 0 Å². The molecule has 0 aliphatic heterocycles. The highest BCUT2D eigenvalue weighted by atomic mass is 16.5. The van der Waals surface area contributed by atoms with Crippen molar-refractivity contribution in [2.45, 2.75) is 80.2 Å². The fourth-order valence-electron chi connectivity index (χ4n) is 7.10. The van der Waals surface area contributed by atoms with Crippen LogP contribution in [0, 0.1) is 45.4 Å². The lowest BCUT2D eigenvalue weighted by molar-refractivity contribution is 0.0515. The maximum Gasteiger partial charge on any atom is 0.340 e. The van der Waals surface area contributed by atoms with E-state index in [9.17, 15) is 19.2 Å². The maximum absolute atomic E-state index is 13.7. The number of carbonyl (C=O) groups excluding carboxylic acids is 4. The van der Waals surface area contributed by atoms with Crippen LogP contribution in [-0.2, 0) is 9.47 Å². The summed E-state index contributed by atoms with van der Waals surface area (Å²) in [6, 6.07) is 0.0185. The molecular weight excluding hydrogens is 510 g/mol. The number of hydrogen-bond acceptors (Lipinski definition) is 7. The molecule has 2 aliphatic carbocycles. The van der Waals surface area contributed by atoms with Crippen molar-refractivity contribution < 1.29 is 28.7 Å². The molecule has 40 heavy (non-hydrogen) atoms. The van der Waals surface area contributed by atoms with E-state index in [1.165, 1.54) is 19.3 Å². The zero-order valence-corrected chi connectivity index (χ0v) is 24.9. The second-order valence-electron chi connectivity index (χ2n) is 11.5. The molecule has 2 bridgehead atoms.